The fourth-order valence-electron chi connectivity index (χ4n) is 2.17. The lowest BCUT2D eigenvalue weighted by molar-refractivity contribution is -0.117. The van der Waals surface area contributed by atoms with Crippen LogP contribution < -0.4 is 15.4 Å². The topological polar surface area (TPSA) is 70.6 Å². The Kier molecular flexibility index (Phi) is 4.39. The molecule has 0 radical (unpaired) electrons. The van der Waals surface area contributed by atoms with Crippen molar-refractivity contribution in [2.75, 3.05) is 18.5 Å². The molecule has 5 nitrogen and oxygen atoms in total. The van der Waals surface area contributed by atoms with Crippen molar-refractivity contribution in [1.82, 2.24) is 5.32 Å². The van der Waals surface area contributed by atoms with Crippen LogP contribution in [0.15, 0.2) is 18.2 Å². The van der Waals surface area contributed by atoms with Gasteiger partial charge in [-0.15, -0.1) is 0 Å². The van der Waals surface area contributed by atoms with Crippen molar-refractivity contribution in [1.29, 1.82) is 0 Å². The first-order valence-corrected chi connectivity index (χ1v) is 6.56. The van der Waals surface area contributed by atoms with E-state index in [2.05, 4.69) is 10.6 Å². The molecule has 1 fully saturated rings. The van der Waals surface area contributed by atoms with Gasteiger partial charge in [-0.05, 0) is 44.0 Å². The summed E-state index contributed by atoms with van der Waals surface area (Å²) < 4.78 is 5.40. The number of anilines is 1. The van der Waals surface area contributed by atoms with Gasteiger partial charge in [0.25, 0.3) is 0 Å². The Morgan fingerprint density at radius 2 is 2.37 bits per heavy atom. The van der Waals surface area contributed by atoms with Crippen LogP contribution >= 0.6 is 0 Å². The van der Waals surface area contributed by atoms with Crippen molar-refractivity contribution in [3.8, 4) is 5.75 Å². The second-order valence-corrected chi connectivity index (χ2v) is 4.75. The van der Waals surface area contributed by atoms with E-state index in [0.29, 0.717) is 19.6 Å². The number of β-amino-alcohol motifs (C(OH)–C–C–N with tert-alkyl or cyclic N) is 1. The maximum Gasteiger partial charge on any atom is 0.241 e. The van der Waals surface area contributed by atoms with E-state index in [9.17, 15) is 9.90 Å². The average molecular weight is 264 g/mol. The predicted octanol–water partition coefficient (Wildman–Crippen LogP) is 1.06. The lowest BCUT2D eigenvalue weighted by Crippen LogP contribution is -2.35. The minimum Gasteiger partial charge on any atom is -0.494 e. The molecule has 2 rings (SSSR count). The number of aliphatic hydroxyl groups excluding tert-OH is 1. The molecular formula is C14H20N2O3. The Labute approximate surface area is 113 Å². The fraction of sp³-hybridized carbons (Fsp3) is 0.500. The van der Waals surface area contributed by atoms with Gasteiger partial charge in [0, 0.05) is 12.2 Å². The third-order valence-electron chi connectivity index (χ3n) is 3.19. The lowest BCUT2D eigenvalue weighted by atomic mass is 10.1. The van der Waals surface area contributed by atoms with Crippen LogP contribution in [0, 0.1) is 6.92 Å². The monoisotopic (exact) mass is 264 g/mol. The molecular weight excluding hydrogens is 244 g/mol. The SMILES string of the molecule is CCOc1ccc(NC(=O)C2CC(O)CN2)c(C)c1. The van der Waals surface area contributed by atoms with Crippen molar-refractivity contribution < 1.29 is 14.6 Å². The molecule has 19 heavy (non-hydrogen) atoms. The molecule has 2 unspecified atom stereocenters. The number of amides is 1. The summed E-state index contributed by atoms with van der Waals surface area (Å²) in [6.07, 6.45) is 0.0271. The number of benzene rings is 1. The zero-order valence-corrected chi connectivity index (χ0v) is 11.3. The Morgan fingerprint density at radius 1 is 1.58 bits per heavy atom. The zero-order valence-electron chi connectivity index (χ0n) is 11.3. The number of nitrogens with one attached hydrogen (secondary N) is 2. The van der Waals surface area contributed by atoms with Crippen LogP contribution in [0.2, 0.25) is 0 Å². The van der Waals surface area contributed by atoms with E-state index in [-0.39, 0.29) is 11.9 Å². The van der Waals surface area contributed by atoms with Crippen LogP contribution in [-0.2, 0) is 4.79 Å². The quantitative estimate of drug-likeness (QED) is 0.760. The number of carbonyl (C=O) groups is 1. The zero-order chi connectivity index (χ0) is 13.8. The van der Waals surface area contributed by atoms with Gasteiger partial charge >= 0.3 is 0 Å². The van der Waals surface area contributed by atoms with Crippen LogP contribution in [0.5, 0.6) is 5.75 Å². The first kappa shape index (κ1) is 13.8. The number of hydrogen-bond donors (Lipinski definition) is 3. The number of rotatable bonds is 4. The molecule has 0 aromatic heterocycles. The van der Waals surface area contributed by atoms with Gasteiger partial charge in [-0.2, -0.15) is 0 Å². The highest BCUT2D eigenvalue weighted by atomic mass is 16.5. The maximum atomic E-state index is 12.0. The maximum absolute atomic E-state index is 12.0. The largest absolute Gasteiger partial charge is 0.494 e. The summed E-state index contributed by atoms with van der Waals surface area (Å²) in [5.74, 6) is 0.691. The summed E-state index contributed by atoms with van der Waals surface area (Å²) >= 11 is 0. The summed E-state index contributed by atoms with van der Waals surface area (Å²) in [5.41, 5.74) is 1.73. The Balaban J connectivity index is 2.00. The van der Waals surface area contributed by atoms with Gasteiger partial charge in [0.05, 0.1) is 18.8 Å². The van der Waals surface area contributed by atoms with E-state index < -0.39 is 6.10 Å². The Morgan fingerprint density at radius 3 is 2.95 bits per heavy atom. The number of aliphatic hydroxyl groups is 1. The smallest absolute Gasteiger partial charge is 0.241 e. The van der Waals surface area contributed by atoms with Gasteiger partial charge in [0.15, 0.2) is 0 Å². The molecule has 0 saturated carbocycles. The third-order valence-corrected chi connectivity index (χ3v) is 3.19. The van der Waals surface area contributed by atoms with Gasteiger partial charge in [0.2, 0.25) is 5.91 Å². The van der Waals surface area contributed by atoms with Crippen molar-refractivity contribution in [2.24, 2.45) is 0 Å². The molecule has 0 spiro atoms. The molecule has 104 valence electrons. The highest BCUT2D eigenvalue weighted by Gasteiger charge is 2.28. The first-order valence-electron chi connectivity index (χ1n) is 6.56. The van der Waals surface area contributed by atoms with Gasteiger partial charge in [-0.25, -0.2) is 0 Å². The Hall–Kier alpha value is -1.59. The molecule has 1 aromatic carbocycles. The van der Waals surface area contributed by atoms with Crippen LogP contribution in [0.25, 0.3) is 0 Å². The second-order valence-electron chi connectivity index (χ2n) is 4.75. The van der Waals surface area contributed by atoms with Crippen molar-refractivity contribution >= 4 is 11.6 Å². The molecule has 1 heterocycles. The van der Waals surface area contributed by atoms with Crippen molar-refractivity contribution in [3.05, 3.63) is 23.8 Å². The summed E-state index contributed by atoms with van der Waals surface area (Å²) in [6, 6.07) is 5.25. The van der Waals surface area contributed by atoms with E-state index in [0.717, 1.165) is 17.0 Å². The molecule has 5 heteroatoms. The van der Waals surface area contributed by atoms with Crippen molar-refractivity contribution in [2.45, 2.75) is 32.4 Å². The van der Waals surface area contributed by atoms with E-state index in [1.807, 2.05) is 32.0 Å². The molecule has 1 aromatic rings. The molecule has 3 N–H and O–H groups in total. The highest BCUT2D eigenvalue weighted by molar-refractivity contribution is 5.95. The van der Waals surface area contributed by atoms with Crippen LogP contribution in [0.1, 0.15) is 18.9 Å². The highest BCUT2D eigenvalue weighted by Crippen LogP contribution is 2.22. The molecule has 2 atom stereocenters. The predicted molar refractivity (Wildman–Crippen MR) is 73.4 cm³/mol. The number of aryl methyl sites for hydroxylation is 1. The summed E-state index contributed by atoms with van der Waals surface area (Å²) in [5, 5.41) is 15.3. The first-order chi connectivity index (χ1) is 9.10. The Bertz CT molecular complexity index is 462. The minimum absolute atomic E-state index is 0.108. The summed E-state index contributed by atoms with van der Waals surface area (Å²) in [7, 11) is 0. The van der Waals surface area contributed by atoms with Crippen LogP contribution in [0.4, 0.5) is 5.69 Å². The fourth-order valence-corrected chi connectivity index (χ4v) is 2.17. The van der Waals surface area contributed by atoms with Crippen LogP contribution in [0.3, 0.4) is 0 Å². The molecule has 1 amide bonds. The standard InChI is InChI=1S/C14H20N2O3/c1-3-19-11-4-5-12(9(2)6-11)16-14(18)13-7-10(17)8-15-13/h4-6,10,13,15,17H,3,7-8H2,1-2H3,(H,16,18). The summed E-state index contributed by atoms with van der Waals surface area (Å²) in [6.45, 7) is 4.95. The molecule has 1 aliphatic heterocycles. The minimum atomic E-state index is -0.433. The second kappa shape index (κ2) is 6.04. The lowest BCUT2D eigenvalue weighted by Gasteiger charge is -2.14. The number of hydrogen-bond acceptors (Lipinski definition) is 4. The van der Waals surface area contributed by atoms with E-state index in [1.165, 1.54) is 0 Å². The van der Waals surface area contributed by atoms with Crippen LogP contribution in [-0.4, -0.2) is 36.3 Å². The summed E-state index contributed by atoms with van der Waals surface area (Å²) in [4.78, 5) is 12.0. The van der Waals surface area contributed by atoms with Gasteiger partial charge in [-0.3, -0.25) is 4.79 Å². The average Bonchev–Trinajstić information content (AvgIpc) is 2.80. The third kappa shape index (κ3) is 3.45. The van der Waals surface area contributed by atoms with E-state index in [1.54, 1.807) is 0 Å². The normalized spacial score (nSPS) is 22.3. The number of ether oxygens (including phenoxy) is 1. The van der Waals surface area contributed by atoms with E-state index >= 15 is 0 Å². The molecule has 0 bridgehead atoms. The van der Waals surface area contributed by atoms with Gasteiger partial charge < -0.3 is 20.5 Å². The van der Waals surface area contributed by atoms with Gasteiger partial charge in [0.1, 0.15) is 5.75 Å². The molecule has 0 aliphatic carbocycles. The van der Waals surface area contributed by atoms with Crippen molar-refractivity contribution in [3.63, 3.8) is 0 Å². The van der Waals surface area contributed by atoms with Gasteiger partial charge in [-0.1, -0.05) is 0 Å². The molecule has 1 saturated heterocycles. The molecule has 1 aliphatic rings. The number of carbonyl (C=O) groups excluding carboxylic acids is 1. The van der Waals surface area contributed by atoms with E-state index in [4.69, 9.17) is 4.74 Å².